The van der Waals surface area contributed by atoms with Crippen molar-refractivity contribution in [3.05, 3.63) is 65.3 Å². The van der Waals surface area contributed by atoms with Crippen molar-refractivity contribution in [2.75, 3.05) is 6.54 Å². The average Bonchev–Trinajstić information content (AvgIpc) is 3.25. The van der Waals surface area contributed by atoms with Gasteiger partial charge in [-0.05, 0) is 29.8 Å². The molecule has 0 radical (unpaired) electrons. The van der Waals surface area contributed by atoms with Gasteiger partial charge in [-0.2, -0.15) is 4.98 Å². The van der Waals surface area contributed by atoms with Gasteiger partial charge in [0.1, 0.15) is 0 Å². The lowest BCUT2D eigenvalue weighted by Crippen LogP contribution is -2.24. The SMILES string of the molecule is O=C1CC(c2nc(-c3cccnc3)no2)CN1Cc1ccc(Cl)cc1. The number of pyridine rings is 1. The molecule has 1 saturated heterocycles. The Morgan fingerprint density at radius 3 is 2.84 bits per heavy atom. The molecule has 1 amide bonds. The van der Waals surface area contributed by atoms with Crippen LogP contribution in [0, 0.1) is 0 Å². The van der Waals surface area contributed by atoms with Crippen LogP contribution in [-0.2, 0) is 11.3 Å². The Morgan fingerprint density at radius 2 is 2.08 bits per heavy atom. The highest BCUT2D eigenvalue weighted by Crippen LogP contribution is 2.29. The average molecular weight is 355 g/mol. The first-order valence-corrected chi connectivity index (χ1v) is 8.33. The minimum atomic E-state index is -0.0854. The normalized spacial score (nSPS) is 17.2. The number of benzene rings is 1. The smallest absolute Gasteiger partial charge is 0.232 e. The van der Waals surface area contributed by atoms with Gasteiger partial charge in [0, 0.05) is 42.5 Å². The van der Waals surface area contributed by atoms with Gasteiger partial charge in [0.05, 0.1) is 5.92 Å². The number of carbonyl (C=O) groups is 1. The van der Waals surface area contributed by atoms with Crippen LogP contribution in [0.1, 0.15) is 23.8 Å². The predicted octanol–water partition coefficient (Wildman–Crippen LogP) is 3.30. The number of likely N-dealkylation sites (tertiary alicyclic amines) is 1. The maximum Gasteiger partial charge on any atom is 0.232 e. The lowest BCUT2D eigenvalue weighted by atomic mass is 10.1. The third-order valence-electron chi connectivity index (χ3n) is 4.21. The van der Waals surface area contributed by atoms with Gasteiger partial charge < -0.3 is 9.42 Å². The Labute approximate surface area is 149 Å². The zero-order valence-corrected chi connectivity index (χ0v) is 14.1. The number of carbonyl (C=O) groups excluding carboxylic acids is 1. The second kappa shape index (κ2) is 6.64. The first kappa shape index (κ1) is 15.8. The largest absolute Gasteiger partial charge is 0.339 e. The van der Waals surface area contributed by atoms with Gasteiger partial charge in [0.15, 0.2) is 0 Å². The van der Waals surface area contributed by atoms with Gasteiger partial charge in [0.2, 0.25) is 17.6 Å². The summed E-state index contributed by atoms with van der Waals surface area (Å²) in [5.41, 5.74) is 1.83. The maximum atomic E-state index is 12.3. The van der Waals surface area contributed by atoms with Crippen molar-refractivity contribution in [3.8, 4) is 11.4 Å². The highest BCUT2D eigenvalue weighted by Gasteiger charge is 2.34. The fourth-order valence-electron chi connectivity index (χ4n) is 2.91. The Hall–Kier alpha value is -2.73. The second-order valence-electron chi connectivity index (χ2n) is 6.00. The Bertz CT molecular complexity index is 880. The number of hydrogen-bond donors (Lipinski definition) is 0. The van der Waals surface area contributed by atoms with Crippen molar-refractivity contribution in [1.82, 2.24) is 20.0 Å². The molecular formula is C18H15ClN4O2. The molecule has 1 unspecified atom stereocenters. The van der Waals surface area contributed by atoms with Gasteiger partial charge in [-0.25, -0.2) is 0 Å². The molecule has 3 heterocycles. The molecule has 1 atom stereocenters. The third-order valence-corrected chi connectivity index (χ3v) is 4.46. The molecule has 4 rings (SSSR count). The summed E-state index contributed by atoms with van der Waals surface area (Å²) in [6.07, 6.45) is 3.75. The number of halogens is 1. The monoisotopic (exact) mass is 354 g/mol. The summed E-state index contributed by atoms with van der Waals surface area (Å²) in [4.78, 5) is 22.6. The van der Waals surface area contributed by atoms with Crippen molar-refractivity contribution in [1.29, 1.82) is 0 Å². The number of nitrogens with zero attached hydrogens (tertiary/aromatic N) is 4. The third kappa shape index (κ3) is 3.39. The molecule has 126 valence electrons. The molecular weight excluding hydrogens is 340 g/mol. The molecule has 7 heteroatoms. The van der Waals surface area contributed by atoms with Crippen LogP contribution >= 0.6 is 11.6 Å². The molecule has 1 fully saturated rings. The van der Waals surface area contributed by atoms with E-state index in [0.717, 1.165) is 11.1 Å². The fraction of sp³-hybridized carbons (Fsp3) is 0.222. The lowest BCUT2D eigenvalue weighted by molar-refractivity contribution is -0.128. The Morgan fingerprint density at radius 1 is 1.24 bits per heavy atom. The van der Waals surface area contributed by atoms with E-state index in [9.17, 15) is 4.79 Å². The first-order valence-electron chi connectivity index (χ1n) is 7.95. The van der Waals surface area contributed by atoms with Crippen molar-refractivity contribution >= 4 is 17.5 Å². The fourth-order valence-corrected chi connectivity index (χ4v) is 3.04. The molecule has 25 heavy (non-hydrogen) atoms. The van der Waals surface area contributed by atoms with Crippen LogP contribution < -0.4 is 0 Å². The standard InChI is InChI=1S/C18H15ClN4O2/c19-15-5-3-12(4-6-15)10-23-11-14(8-16(23)24)18-21-17(22-25-18)13-2-1-7-20-9-13/h1-7,9,14H,8,10-11H2. The van der Waals surface area contributed by atoms with Crippen molar-refractivity contribution < 1.29 is 9.32 Å². The zero-order valence-electron chi connectivity index (χ0n) is 13.3. The van der Waals surface area contributed by atoms with Gasteiger partial charge in [-0.15, -0.1) is 0 Å². The number of amides is 1. The molecule has 0 bridgehead atoms. The molecule has 0 aliphatic carbocycles. The van der Waals surface area contributed by atoms with E-state index >= 15 is 0 Å². The molecule has 1 aliphatic rings. The van der Waals surface area contributed by atoms with E-state index < -0.39 is 0 Å². The van der Waals surface area contributed by atoms with Gasteiger partial charge in [-0.3, -0.25) is 9.78 Å². The molecule has 0 N–H and O–H groups in total. The summed E-state index contributed by atoms with van der Waals surface area (Å²) in [6.45, 7) is 1.12. The van der Waals surface area contributed by atoms with E-state index in [-0.39, 0.29) is 11.8 Å². The summed E-state index contributed by atoms with van der Waals surface area (Å²) in [5, 5.41) is 4.69. The van der Waals surface area contributed by atoms with E-state index in [2.05, 4.69) is 15.1 Å². The predicted molar refractivity (Wildman–Crippen MR) is 91.8 cm³/mol. The van der Waals surface area contributed by atoms with E-state index in [1.807, 2.05) is 41.3 Å². The minimum absolute atomic E-state index is 0.0843. The first-order chi connectivity index (χ1) is 12.2. The number of aromatic nitrogens is 3. The Kier molecular flexibility index (Phi) is 4.19. The van der Waals surface area contributed by atoms with Crippen molar-refractivity contribution in [2.45, 2.75) is 18.9 Å². The molecule has 3 aromatic rings. The van der Waals surface area contributed by atoms with Crippen LogP contribution in [0.25, 0.3) is 11.4 Å². The minimum Gasteiger partial charge on any atom is -0.339 e. The van der Waals surface area contributed by atoms with Crippen LogP contribution in [0.5, 0.6) is 0 Å². The summed E-state index contributed by atoms with van der Waals surface area (Å²) in [7, 11) is 0. The number of hydrogen-bond acceptors (Lipinski definition) is 5. The lowest BCUT2D eigenvalue weighted by Gasteiger charge is -2.16. The molecule has 2 aromatic heterocycles. The Balaban J connectivity index is 1.47. The summed E-state index contributed by atoms with van der Waals surface area (Å²) >= 11 is 5.90. The summed E-state index contributed by atoms with van der Waals surface area (Å²) in [6, 6.07) is 11.2. The van der Waals surface area contributed by atoms with Crippen LogP contribution in [0.2, 0.25) is 5.02 Å². The molecule has 1 aliphatic heterocycles. The topological polar surface area (TPSA) is 72.1 Å². The van der Waals surface area contributed by atoms with Gasteiger partial charge in [0.25, 0.3) is 0 Å². The van der Waals surface area contributed by atoms with Crippen LogP contribution in [0.4, 0.5) is 0 Å². The molecule has 0 spiro atoms. The number of rotatable bonds is 4. The van der Waals surface area contributed by atoms with Crippen molar-refractivity contribution in [3.63, 3.8) is 0 Å². The zero-order chi connectivity index (χ0) is 17.2. The van der Waals surface area contributed by atoms with Crippen LogP contribution in [0.15, 0.2) is 53.3 Å². The van der Waals surface area contributed by atoms with E-state index in [1.54, 1.807) is 12.4 Å². The second-order valence-corrected chi connectivity index (χ2v) is 6.44. The molecule has 0 saturated carbocycles. The van der Waals surface area contributed by atoms with Crippen LogP contribution in [0.3, 0.4) is 0 Å². The van der Waals surface area contributed by atoms with E-state index in [1.165, 1.54) is 0 Å². The van der Waals surface area contributed by atoms with Gasteiger partial charge >= 0.3 is 0 Å². The molecule has 6 nitrogen and oxygen atoms in total. The maximum absolute atomic E-state index is 12.3. The van der Waals surface area contributed by atoms with E-state index in [0.29, 0.717) is 36.2 Å². The summed E-state index contributed by atoms with van der Waals surface area (Å²) < 4.78 is 5.38. The molecule has 1 aromatic carbocycles. The quantitative estimate of drug-likeness (QED) is 0.718. The summed E-state index contributed by atoms with van der Waals surface area (Å²) in [5.74, 6) is 0.983. The van der Waals surface area contributed by atoms with Gasteiger partial charge in [-0.1, -0.05) is 28.9 Å². The van der Waals surface area contributed by atoms with Crippen LogP contribution in [-0.4, -0.2) is 32.5 Å². The van der Waals surface area contributed by atoms with Crippen molar-refractivity contribution in [2.24, 2.45) is 0 Å². The van der Waals surface area contributed by atoms with E-state index in [4.69, 9.17) is 16.1 Å². The highest BCUT2D eigenvalue weighted by atomic mass is 35.5. The highest BCUT2D eigenvalue weighted by molar-refractivity contribution is 6.30.